The molecular weight excluding hydrogens is 1850 g/mol. The number of carboxylic acid groups (broad SMARTS) is 1. The van der Waals surface area contributed by atoms with E-state index in [1.807, 2.05) is 0 Å². The van der Waals surface area contributed by atoms with E-state index >= 15 is 24.0 Å². The van der Waals surface area contributed by atoms with Crippen LogP contribution in [0.25, 0.3) is 0 Å². The summed E-state index contributed by atoms with van der Waals surface area (Å²) < 4.78 is 0. The standard InChI is InChI=1S/C87H155N37O18/c1-5-48(4)64(118-66(127)50(20-7-33-104-82(91)92)110-65(126)49(88)19-6-32-103-81(89)90)73(134)114-54(24-11-37-108-86(99)100)76(137)120-40-14-27-59(120)69(130)113-53(23-10-36-107-85(97)98)77(138)124-44-18-31-63(124)79(140)123-43-17-30-62(123)72(133)117-57(46-125)67(128)116-56(45-47(2)3)78(139)122-42-16-28-60(122)70(131)112-51(21-8-34-105-83(93)94)74(135)119-39-13-26-58(119)68(129)111-52(22-9-35-106-84(95)96)75(136)121-41-15-29-61(121)71(132)115-55(80(141)142)25-12-38-109-87(101)102/h47-64,125H,5-46,88H2,1-4H3,(H,110,126)(H,111,129)(H,112,131)(H,113,130)(H,114,134)(H,115,132)(H,116,128)(H,117,133)(H,118,127)(H,141,142)(H4,89,90,103)(H4,91,92,104)(H4,93,94,105)(H4,95,96,106)(H4,97,98,107)(H4,99,100,108)(H4,101,102,109)/t48-,49-,50-,51-,52-,53-,54-,55-,56-,57-,58-,59-,60-,61-,62-,63-,64-/m0/s1. The number of rotatable bonds is 58. The fourth-order valence-electron chi connectivity index (χ4n) is 18.4. The molecule has 55 nitrogen and oxygen atoms in total. The molecule has 15 amide bonds. The second kappa shape index (κ2) is 59.2. The molecule has 6 aliphatic heterocycles. The Balaban J connectivity index is 1.15. The van der Waals surface area contributed by atoms with Crippen LogP contribution in [0, 0.1) is 49.7 Å². The number of guanidine groups is 7. The van der Waals surface area contributed by atoms with E-state index < -0.39 is 204 Å². The number of carbonyl (C=O) groups excluding carboxylic acids is 15. The van der Waals surface area contributed by atoms with Gasteiger partial charge < -0.3 is 171 Å². The number of aliphatic hydroxyl groups excluding tert-OH is 1. The largest absolute Gasteiger partial charge is 0.480 e. The number of hydrogen-bond acceptors (Lipinski definition) is 25. The Morgan fingerprint density at radius 2 is 0.556 bits per heavy atom. The molecule has 6 heterocycles. The van der Waals surface area contributed by atoms with Crippen LogP contribution in [0.5, 0.6) is 0 Å². The molecule has 0 aromatic carbocycles. The summed E-state index contributed by atoms with van der Waals surface area (Å²) in [5.74, 6) is -16.0. The number of carbonyl (C=O) groups is 16. The van der Waals surface area contributed by atoms with Gasteiger partial charge in [0.1, 0.15) is 90.6 Å². The highest BCUT2D eigenvalue weighted by atomic mass is 16.4. The second-order valence-electron chi connectivity index (χ2n) is 37.1. The fourth-order valence-corrected chi connectivity index (χ4v) is 18.4. The van der Waals surface area contributed by atoms with Crippen molar-refractivity contribution >= 4 is 136 Å². The van der Waals surface area contributed by atoms with E-state index in [9.17, 15) is 63.0 Å². The maximum absolute atomic E-state index is 15.2. The molecule has 0 radical (unpaired) electrons. The van der Waals surface area contributed by atoms with Gasteiger partial charge >= 0.3 is 5.97 Å². The second-order valence-corrected chi connectivity index (χ2v) is 37.1. The van der Waals surface area contributed by atoms with Crippen molar-refractivity contribution in [3.8, 4) is 0 Å². The molecule has 0 aliphatic carbocycles. The molecule has 0 aromatic rings. The van der Waals surface area contributed by atoms with Crippen molar-refractivity contribution in [2.45, 2.75) is 304 Å². The number of amides is 15. The number of likely N-dealkylation sites (tertiary alicyclic amines) is 6. The van der Waals surface area contributed by atoms with Gasteiger partial charge in [-0.2, -0.15) is 0 Å². The first-order chi connectivity index (χ1) is 67.4. The predicted octanol–water partition coefficient (Wildman–Crippen LogP) is -9.37. The fraction of sp³-hybridized carbons (Fsp3) is 0.736. The van der Waals surface area contributed by atoms with Gasteiger partial charge in [-0.15, -0.1) is 0 Å². The number of aliphatic carboxylic acids is 1. The maximum Gasteiger partial charge on any atom is 0.326 e. The smallest absolute Gasteiger partial charge is 0.326 e. The Kier molecular flexibility index (Phi) is 48.8. The Morgan fingerprint density at radius 3 is 0.866 bits per heavy atom. The first kappa shape index (κ1) is 117. The molecule has 0 bridgehead atoms. The first-order valence-corrected chi connectivity index (χ1v) is 49.1. The third-order valence-corrected chi connectivity index (χ3v) is 25.9. The van der Waals surface area contributed by atoms with Crippen molar-refractivity contribution in [3.63, 3.8) is 0 Å². The molecule has 41 N–H and O–H groups in total. The lowest BCUT2D eigenvalue weighted by Crippen LogP contribution is -2.61. The Labute approximate surface area is 825 Å². The zero-order valence-corrected chi connectivity index (χ0v) is 81.8. The molecule has 142 heavy (non-hydrogen) atoms. The Hall–Kier alpha value is -13.7. The van der Waals surface area contributed by atoms with Gasteiger partial charge in [0.05, 0.1) is 12.6 Å². The summed E-state index contributed by atoms with van der Waals surface area (Å²) in [5.41, 5.74) is 44.8. The lowest BCUT2D eigenvalue weighted by atomic mass is 9.96. The third-order valence-electron chi connectivity index (χ3n) is 25.9. The number of nitrogens with one attached hydrogen (secondary N) is 23. The van der Waals surface area contributed by atoms with Gasteiger partial charge in [-0.1, -0.05) is 34.1 Å². The van der Waals surface area contributed by atoms with E-state index in [1.54, 1.807) is 27.7 Å². The van der Waals surface area contributed by atoms with Crippen LogP contribution < -0.4 is 131 Å². The minimum atomic E-state index is -1.73. The summed E-state index contributed by atoms with van der Waals surface area (Å²) in [6.07, 6.45) is 3.88. The first-order valence-electron chi connectivity index (χ1n) is 49.1. The Morgan fingerprint density at radius 1 is 0.310 bits per heavy atom. The van der Waals surface area contributed by atoms with Crippen molar-refractivity contribution in [2.24, 2.45) is 57.7 Å². The maximum atomic E-state index is 15.2. The monoisotopic (exact) mass is 2010 g/mol. The van der Waals surface area contributed by atoms with Gasteiger partial charge in [-0.3, -0.25) is 110 Å². The van der Waals surface area contributed by atoms with Gasteiger partial charge in [0.15, 0.2) is 41.7 Å². The minimum Gasteiger partial charge on any atom is -0.480 e. The number of carboxylic acids is 1. The summed E-state index contributed by atoms with van der Waals surface area (Å²) in [6.45, 7) is 6.96. The molecule has 796 valence electrons. The lowest BCUT2D eigenvalue weighted by molar-refractivity contribution is -0.149. The van der Waals surface area contributed by atoms with Crippen molar-refractivity contribution < 1.29 is 86.9 Å². The zero-order valence-electron chi connectivity index (χ0n) is 81.8. The van der Waals surface area contributed by atoms with Crippen LogP contribution in [0.4, 0.5) is 0 Å². The van der Waals surface area contributed by atoms with Gasteiger partial charge in [0.2, 0.25) is 88.6 Å². The summed E-state index contributed by atoms with van der Waals surface area (Å²) in [4.78, 5) is 240. The molecule has 6 fully saturated rings. The van der Waals surface area contributed by atoms with E-state index in [4.69, 9.17) is 83.7 Å². The molecule has 17 atom stereocenters. The highest BCUT2D eigenvalue weighted by Gasteiger charge is 2.49. The van der Waals surface area contributed by atoms with Gasteiger partial charge in [-0.25, -0.2) is 4.79 Å². The van der Waals surface area contributed by atoms with Gasteiger partial charge in [0.25, 0.3) is 0 Å². The molecule has 0 saturated carbocycles. The quantitative estimate of drug-likeness (QED) is 0.0153. The topological polar surface area (TPSA) is 901 Å². The summed E-state index contributed by atoms with van der Waals surface area (Å²) in [6, 6.07) is -20.8. The van der Waals surface area contributed by atoms with Crippen LogP contribution in [0.15, 0.2) is 0 Å². The predicted molar refractivity (Wildman–Crippen MR) is 521 cm³/mol. The molecule has 6 rings (SSSR count). The van der Waals surface area contributed by atoms with E-state index in [2.05, 4.69) is 85.1 Å². The van der Waals surface area contributed by atoms with Crippen LogP contribution in [0.1, 0.15) is 207 Å². The van der Waals surface area contributed by atoms with Crippen LogP contribution in [-0.2, 0) is 76.7 Å². The third kappa shape index (κ3) is 37.1. The van der Waals surface area contributed by atoms with E-state index in [0.29, 0.717) is 32.1 Å². The minimum absolute atomic E-state index is 0.00463. The normalized spacial score (nSPS) is 19.9. The average Bonchev–Trinajstić information content (AvgIpc) is 1.64. The highest BCUT2D eigenvalue weighted by molar-refractivity contribution is 6.02. The van der Waals surface area contributed by atoms with Gasteiger partial charge in [0, 0.05) is 85.1 Å². The molecule has 0 spiro atoms. The van der Waals surface area contributed by atoms with Crippen molar-refractivity contribution in [3.05, 3.63) is 0 Å². The SMILES string of the molecule is CC[C@H](C)[C@H](NC(=O)[C@H](CCCNC(=N)N)NC(=O)[C@@H](N)CCCNC(=N)N)C(=O)N[C@@H](CCCNC(=N)N)C(=O)N1CCC[C@H]1C(=O)N[C@@H](CCCNC(=N)N)C(=O)N1CCC[C@H]1C(=O)N1CCC[C@H]1C(=O)N[C@@H](CO)C(=O)N[C@@H](CC(C)C)C(=O)N1CCC[C@H]1C(=O)N[C@@H](CCCNC(=N)N)C(=O)N1CCC[C@H]1C(=O)N[C@@H](CCCNC(=N)N)C(=O)N1CCC[C@H]1C(=O)N[C@@H](CCCNC(=N)N)C(=O)O. The van der Waals surface area contributed by atoms with Crippen LogP contribution in [-0.4, -0.2) is 364 Å². The van der Waals surface area contributed by atoms with Gasteiger partial charge in [-0.05, 0) is 185 Å². The van der Waals surface area contributed by atoms with E-state index in [-0.39, 0.29) is 280 Å². The number of aliphatic hydroxyl groups is 1. The van der Waals surface area contributed by atoms with Crippen LogP contribution >= 0.6 is 0 Å². The highest BCUT2D eigenvalue weighted by Crippen LogP contribution is 2.30. The van der Waals surface area contributed by atoms with Crippen LogP contribution in [0.3, 0.4) is 0 Å². The van der Waals surface area contributed by atoms with Crippen molar-refractivity contribution in [2.75, 3.05) is 91.7 Å². The van der Waals surface area contributed by atoms with E-state index in [1.165, 1.54) is 29.4 Å². The average molecular weight is 2010 g/mol. The number of nitrogens with zero attached hydrogens (tertiary/aromatic N) is 6. The molecule has 6 aliphatic rings. The van der Waals surface area contributed by atoms with Crippen molar-refractivity contribution in [1.82, 2.24) is 114 Å². The van der Waals surface area contributed by atoms with Crippen LogP contribution in [0.2, 0.25) is 0 Å². The van der Waals surface area contributed by atoms with Crippen molar-refractivity contribution in [1.29, 1.82) is 37.9 Å². The molecular formula is C87H155N37O18. The molecule has 55 heteroatoms. The number of nitrogens with two attached hydrogens (primary N) is 8. The van der Waals surface area contributed by atoms with E-state index in [0.717, 1.165) is 0 Å². The zero-order chi connectivity index (χ0) is 105. The summed E-state index contributed by atoms with van der Waals surface area (Å²) in [7, 11) is 0. The number of hydrogen-bond donors (Lipinski definition) is 33. The molecule has 0 unspecified atom stereocenters. The lowest BCUT2D eigenvalue weighted by Gasteiger charge is -2.34. The summed E-state index contributed by atoms with van der Waals surface area (Å²) in [5, 5.41) is 117. The summed E-state index contributed by atoms with van der Waals surface area (Å²) >= 11 is 0. The molecule has 6 saturated heterocycles. The molecule has 0 aromatic heterocycles. The Bertz CT molecular complexity index is 4420.